The van der Waals surface area contributed by atoms with Crippen LogP contribution in [0.4, 0.5) is 0 Å². The minimum atomic E-state index is -0.645. The number of hydrogen-bond donors (Lipinski definition) is 1. The number of benzene rings is 1. The number of hydrogen-bond acceptors (Lipinski definition) is 6. The molecule has 1 amide bonds. The molecule has 1 N–H and O–H groups in total. The maximum absolute atomic E-state index is 13.4. The van der Waals surface area contributed by atoms with Gasteiger partial charge >= 0.3 is 0 Å². The number of ether oxygens (including phenoxy) is 2. The van der Waals surface area contributed by atoms with Crippen molar-refractivity contribution in [1.82, 2.24) is 9.80 Å². The summed E-state index contributed by atoms with van der Waals surface area (Å²) in [6.07, 6.45) is 9.92. The average molecular weight is 481 g/mol. The second-order valence-electron chi connectivity index (χ2n) is 11.7. The lowest BCUT2D eigenvalue weighted by Crippen LogP contribution is -2.60. The Morgan fingerprint density at radius 2 is 2.09 bits per heavy atom. The number of aromatic hydroxyl groups is 1. The fourth-order valence-corrected chi connectivity index (χ4v) is 7.31. The Bertz CT molecular complexity index is 1080. The van der Waals surface area contributed by atoms with Crippen LogP contribution in [0.3, 0.4) is 0 Å². The van der Waals surface area contributed by atoms with Gasteiger partial charge in [-0.25, -0.2) is 0 Å². The van der Waals surface area contributed by atoms with Gasteiger partial charge in [-0.2, -0.15) is 0 Å². The zero-order valence-electron chi connectivity index (χ0n) is 20.8. The Balaban J connectivity index is 1.18. The molecule has 6 rings (SSSR count). The molecule has 0 saturated carbocycles. The van der Waals surface area contributed by atoms with Crippen molar-refractivity contribution in [1.29, 1.82) is 0 Å². The molecule has 0 spiro atoms. The second-order valence-corrected chi connectivity index (χ2v) is 11.7. The lowest BCUT2D eigenvalue weighted by Gasteiger charge is -2.54. The van der Waals surface area contributed by atoms with Crippen LogP contribution in [-0.2, 0) is 4.79 Å². The van der Waals surface area contributed by atoms with E-state index in [1.807, 2.05) is 18.7 Å². The van der Waals surface area contributed by atoms with E-state index in [0.29, 0.717) is 29.4 Å². The van der Waals surface area contributed by atoms with Crippen LogP contribution in [0.2, 0.25) is 0 Å². The topological polar surface area (TPSA) is 79.3 Å². The van der Waals surface area contributed by atoms with Gasteiger partial charge in [0.2, 0.25) is 0 Å². The van der Waals surface area contributed by atoms with E-state index in [0.717, 1.165) is 25.9 Å². The molecule has 1 aliphatic carbocycles. The number of carbonyl (C=O) groups is 2. The Morgan fingerprint density at radius 1 is 1.23 bits per heavy atom. The predicted molar refractivity (Wildman–Crippen MR) is 131 cm³/mol. The maximum atomic E-state index is 13.4. The van der Waals surface area contributed by atoms with Gasteiger partial charge in [0.15, 0.2) is 12.4 Å². The van der Waals surface area contributed by atoms with Crippen LogP contribution in [0.1, 0.15) is 69.2 Å². The summed E-state index contributed by atoms with van der Waals surface area (Å²) >= 11 is 0. The fourth-order valence-electron chi connectivity index (χ4n) is 7.31. The fraction of sp³-hybridized carbons (Fsp3) is 0.643. The summed E-state index contributed by atoms with van der Waals surface area (Å²) in [4.78, 5) is 30.6. The van der Waals surface area contributed by atoms with Gasteiger partial charge in [0.05, 0.1) is 12.5 Å². The smallest absolute Gasteiger partial charge is 0.261 e. The van der Waals surface area contributed by atoms with Crippen molar-refractivity contribution >= 4 is 11.7 Å². The molecule has 4 aliphatic heterocycles. The highest BCUT2D eigenvalue weighted by Crippen LogP contribution is 2.45. The SMILES string of the molecule is CC1(C)CC(=O)c2c(O)cc(OCC(=O)N3CCCC4=C[C@H]5C[C@H](CN6CCCC[C@H]56)[C@@H]43)cc2O1. The van der Waals surface area contributed by atoms with E-state index < -0.39 is 5.60 Å². The molecule has 7 heteroatoms. The first-order chi connectivity index (χ1) is 16.8. The quantitative estimate of drug-likeness (QED) is 0.661. The Kier molecular flexibility index (Phi) is 5.59. The van der Waals surface area contributed by atoms with Crippen LogP contribution in [0.25, 0.3) is 0 Å². The van der Waals surface area contributed by atoms with Gasteiger partial charge in [-0.05, 0) is 64.3 Å². The van der Waals surface area contributed by atoms with E-state index in [4.69, 9.17) is 9.47 Å². The van der Waals surface area contributed by atoms with Gasteiger partial charge in [-0.15, -0.1) is 0 Å². The standard InChI is InChI=1S/C28H36N2O5/c1-28(2)14-23(32)26-22(31)12-20(13-24(26)35-28)34-16-25(33)30-9-5-6-17-10-18-11-19(27(17)30)15-29-8-4-3-7-21(18)29/h10,12-13,18-19,21,27,31H,3-9,11,14-16H2,1-2H3/t18-,19+,21+,27+/m0/s1. The highest BCUT2D eigenvalue weighted by molar-refractivity contribution is 6.03. The summed E-state index contributed by atoms with van der Waals surface area (Å²) in [5, 5.41) is 10.5. The molecule has 1 aromatic carbocycles. The average Bonchev–Trinajstić information content (AvgIpc) is 2.81. The lowest BCUT2D eigenvalue weighted by atomic mass is 9.68. The van der Waals surface area contributed by atoms with Crippen LogP contribution >= 0.6 is 0 Å². The second kappa shape index (κ2) is 8.54. The molecular weight excluding hydrogens is 444 g/mol. The third kappa shape index (κ3) is 4.11. The zero-order valence-corrected chi connectivity index (χ0v) is 20.8. The molecule has 188 valence electrons. The summed E-state index contributed by atoms with van der Waals surface area (Å²) < 4.78 is 11.8. The van der Waals surface area contributed by atoms with Crippen molar-refractivity contribution in [2.45, 2.75) is 76.5 Å². The Hall–Kier alpha value is -2.54. The Morgan fingerprint density at radius 3 is 2.94 bits per heavy atom. The number of ketones is 1. The molecule has 5 aliphatic rings. The monoisotopic (exact) mass is 480 g/mol. The first-order valence-corrected chi connectivity index (χ1v) is 13.3. The number of phenolic OH excluding ortho intramolecular Hbond substituents is 1. The number of rotatable bonds is 3. The van der Waals surface area contributed by atoms with Gasteiger partial charge in [0.1, 0.15) is 28.4 Å². The van der Waals surface area contributed by atoms with E-state index in [-0.39, 0.29) is 42.1 Å². The number of piperidine rings is 3. The summed E-state index contributed by atoms with van der Waals surface area (Å²) in [5.41, 5.74) is 1.00. The summed E-state index contributed by atoms with van der Waals surface area (Å²) in [7, 11) is 0. The Labute approximate surface area is 207 Å². The first kappa shape index (κ1) is 22.9. The molecule has 0 aromatic heterocycles. The highest BCUT2D eigenvalue weighted by Gasteiger charge is 2.47. The van der Waals surface area contributed by atoms with Gasteiger partial charge < -0.3 is 19.5 Å². The molecular formula is C28H36N2O5. The normalized spacial score (nSPS) is 31.4. The first-order valence-electron chi connectivity index (χ1n) is 13.3. The largest absolute Gasteiger partial charge is 0.507 e. The number of nitrogens with zero attached hydrogens (tertiary/aromatic N) is 2. The molecule has 3 saturated heterocycles. The molecule has 7 nitrogen and oxygen atoms in total. The van der Waals surface area contributed by atoms with Gasteiger partial charge in [0, 0.05) is 31.3 Å². The number of Topliss-reactive ketones (excluding diaryl/α,β-unsaturated/α-hetero) is 1. The molecule has 2 bridgehead atoms. The number of amides is 1. The van der Waals surface area contributed by atoms with Crippen LogP contribution in [0.15, 0.2) is 23.8 Å². The molecule has 4 atom stereocenters. The van der Waals surface area contributed by atoms with Gasteiger partial charge in [-0.3, -0.25) is 14.5 Å². The number of phenols is 1. The molecule has 3 fully saturated rings. The van der Waals surface area contributed by atoms with E-state index in [1.165, 1.54) is 43.9 Å². The van der Waals surface area contributed by atoms with Crippen LogP contribution < -0.4 is 9.47 Å². The predicted octanol–water partition coefficient (Wildman–Crippen LogP) is 3.94. The zero-order chi connectivity index (χ0) is 24.3. The third-order valence-electron chi connectivity index (χ3n) is 8.65. The van der Waals surface area contributed by atoms with Crippen molar-refractivity contribution in [2.24, 2.45) is 11.8 Å². The van der Waals surface area contributed by atoms with E-state index in [2.05, 4.69) is 11.0 Å². The van der Waals surface area contributed by atoms with Crippen molar-refractivity contribution in [3.8, 4) is 17.2 Å². The molecule has 1 aromatic rings. The lowest BCUT2D eigenvalue weighted by molar-refractivity contribution is -0.138. The molecule has 0 radical (unpaired) electrons. The van der Waals surface area contributed by atoms with Crippen LogP contribution in [-0.4, -0.2) is 70.5 Å². The summed E-state index contributed by atoms with van der Waals surface area (Å²) in [5.74, 6) is 1.45. The van der Waals surface area contributed by atoms with E-state index in [9.17, 15) is 14.7 Å². The third-order valence-corrected chi connectivity index (χ3v) is 8.65. The molecule has 4 heterocycles. The van der Waals surface area contributed by atoms with Gasteiger partial charge in [0.25, 0.3) is 5.91 Å². The summed E-state index contributed by atoms with van der Waals surface area (Å²) in [6, 6.07) is 3.90. The molecule has 0 unspecified atom stereocenters. The van der Waals surface area contributed by atoms with Gasteiger partial charge in [-0.1, -0.05) is 18.1 Å². The minimum absolute atomic E-state index is 0.0191. The van der Waals surface area contributed by atoms with E-state index >= 15 is 0 Å². The number of likely N-dealkylation sites (tertiary alicyclic amines) is 1. The van der Waals surface area contributed by atoms with Crippen molar-refractivity contribution < 1.29 is 24.2 Å². The molecule has 35 heavy (non-hydrogen) atoms. The van der Waals surface area contributed by atoms with E-state index in [1.54, 1.807) is 6.07 Å². The summed E-state index contributed by atoms with van der Waals surface area (Å²) in [6.45, 7) is 6.63. The van der Waals surface area contributed by atoms with Crippen LogP contribution in [0.5, 0.6) is 17.2 Å². The minimum Gasteiger partial charge on any atom is -0.507 e. The van der Waals surface area contributed by atoms with Crippen molar-refractivity contribution in [3.63, 3.8) is 0 Å². The number of fused-ring (bicyclic) bond motifs is 7. The maximum Gasteiger partial charge on any atom is 0.261 e. The number of carbonyl (C=O) groups excluding carboxylic acids is 2. The highest BCUT2D eigenvalue weighted by atomic mass is 16.5. The van der Waals surface area contributed by atoms with Crippen LogP contribution in [0, 0.1) is 11.8 Å². The van der Waals surface area contributed by atoms with Crippen molar-refractivity contribution in [3.05, 3.63) is 29.3 Å². The van der Waals surface area contributed by atoms with Crippen molar-refractivity contribution in [2.75, 3.05) is 26.2 Å².